The maximum Gasteiger partial charge on any atom is 0.270 e. The Morgan fingerprint density at radius 3 is 2.67 bits per heavy atom. The summed E-state index contributed by atoms with van der Waals surface area (Å²) in [5, 5.41) is 7.29. The summed E-state index contributed by atoms with van der Waals surface area (Å²) in [6.07, 6.45) is 5.09. The Morgan fingerprint density at radius 1 is 1.17 bits per heavy atom. The summed E-state index contributed by atoms with van der Waals surface area (Å²) in [5.74, 6) is 0.672. The van der Waals surface area contributed by atoms with E-state index >= 15 is 0 Å². The molecule has 1 aliphatic heterocycles. The van der Waals surface area contributed by atoms with Crippen LogP contribution in [0, 0.1) is 13.8 Å². The first kappa shape index (κ1) is 16.4. The third-order valence-corrected chi connectivity index (χ3v) is 4.28. The zero-order chi connectivity index (χ0) is 16.9. The molecule has 3 heterocycles. The monoisotopic (exact) mass is 328 g/mol. The lowest BCUT2D eigenvalue weighted by Crippen LogP contribution is -2.31. The van der Waals surface area contributed by atoms with Gasteiger partial charge >= 0.3 is 0 Å². The van der Waals surface area contributed by atoms with Crippen LogP contribution in [-0.4, -0.2) is 45.3 Å². The zero-order valence-electron chi connectivity index (χ0n) is 14.3. The summed E-state index contributed by atoms with van der Waals surface area (Å²) >= 11 is 0. The highest BCUT2D eigenvalue weighted by molar-refractivity contribution is 5.92. The normalized spacial score (nSPS) is 14.7. The van der Waals surface area contributed by atoms with Crippen molar-refractivity contribution in [3.8, 4) is 0 Å². The minimum atomic E-state index is -0.169. The average Bonchev–Trinajstić information content (AvgIpc) is 2.93. The number of aryl methyl sites for hydroxylation is 2. The third-order valence-electron chi connectivity index (χ3n) is 4.28. The minimum Gasteiger partial charge on any atom is -0.357 e. The second-order valence-electron chi connectivity index (χ2n) is 6.22. The van der Waals surface area contributed by atoms with Crippen molar-refractivity contribution < 1.29 is 4.79 Å². The van der Waals surface area contributed by atoms with E-state index in [-0.39, 0.29) is 5.91 Å². The molecule has 0 aliphatic carbocycles. The Balaban J connectivity index is 1.57. The Bertz CT molecular complexity index is 705. The molecule has 0 saturated carbocycles. The summed E-state index contributed by atoms with van der Waals surface area (Å²) in [7, 11) is 0. The summed E-state index contributed by atoms with van der Waals surface area (Å²) in [5.41, 5.74) is 2.50. The number of hydrogen-bond acceptors (Lipinski definition) is 5. The van der Waals surface area contributed by atoms with E-state index < -0.39 is 0 Å². The van der Waals surface area contributed by atoms with Crippen molar-refractivity contribution in [3.05, 3.63) is 35.5 Å². The van der Waals surface area contributed by atoms with Crippen LogP contribution in [0.1, 0.15) is 41.1 Å². The van der Waals surface area contributed by atoms with Crippen LogP contribution >= 0.6 is 0 Å². The van der Waals surface area contributed by atoms with Gasteiger partial charge in [0, 0.05) is 31.4 Å². The van der Waals surface area contributed by atoms with E-state index in [0.29, 0.717) is 18.8 Å². The van der Waals surface area contributed by atoms with E-state index in [9.17, 15) is 4.79 Å². The van der Waals surface area contributed by atoms with Crippen molar-refractivity contribution in [3.63, 3.8) is 0 Å². The minimum absolute atomic E-state index is 0.169. The standard InChI is InChI=1S/C17H24N6O/c1-13-10-14(2)23(21-13)9-6-18-17(24)15-11-16(20-12-19-15)22-7-4-3-5-8-22/h10-12H,3-9H2,1-2H3,(H,18,24). The summed E-state index contributed by atoms with van der Waals surface area (Å²) in [4.78, 5) is 22.9. The predicted molar refractivity (Wildman–Crippen MR) is 92.1 cm³/mol. The molecule has 1 saturated heterocycles. The molecule has 24 heavy (non-hydrogen) atoms. The van der Waals surface area contributed by atoms with Gasteiger partial charge in [-0.15, -0.1) is 0 Å². The van der Waals surface area contributed by atoms with Crippen molar-refractivity contribution in [1.29, 1.82) is 0 Å². The Kier molecular flexibility index (Phi) is 5.08. The highest BCUT2D eigenvalue weighted by Crippen LogP contribution is 2.17. The lowest BCUT2D eigenvalue weighted by atomic mass is 10.1. The lowest BCUT2D eigenvalue weighted by molar-refractivity contribution is 0.0946. The number of amides is 1. The van der Waals surface area contributed by atoms with Gasteiger partial charge in [-0.05, 0) is 39.2 Å². The molecule has 2 aromatic heterocycles. The van der Waals surface area contributed by atoms with Crippen molar-refractivity contribution in [2.24, 2.45) is 0 Å². The molecule has 2 aromatic rings. The molecule has 1 N–H and O–H groups in total. The van der Waals surface area contributed by atoms with Gasteiger partial charge in [0.2, 0.25) is 0 Å². The number of nitrogens with zero attached hydrogens (tertiary/aromatic N) is 5. The van der Waals surface area contributed by atoms with Gasteiger partial charge in [0.05, 0.1) is 12.2 Å². The molecule has 0 spiro atoms. The highest BCUT2D eigenvalue weighted by Gasteiger charge is 2.15. The van der Waals surface area contributed by atoms with Crippen molar-refractivity contribution >= 4 is 11.7 Å². The largest absolute Gasteiger partial charge is 0.357 e. The Hall–Kier alpha value is -2.44. The van der Waals surface area contributed by atoms with Crippen LogP contribution in [0.25, 0.3) is 0 Å². The lowest BCUT2D eigenvalue weighted by Gasteiger charge is -2.27. The van der Waals surface area contributed by atoms with E-state index in [2.05, 4.69) is 25.3 Å². The topological polar surface area (TPSA) is 75.9 Å². The molecule has 0 radical (unpaired) electrons. The van der Waals surface area contributed by atoms with Gasteiger partial charge in [-0.2, -0.15) is 5.10 Å². The van der Waals surface area contributed by atoms with E-state index in [1.54, 1.807) is 6.07 Å². The molecular formula is C17H24N6O. The van der Waals surface area contributed by atoms with Crippen LogP contribution in [0.5, 0.6) is 0 Å². The third kappa shape index (κ3) is 3.90. The van der Waals surface area contributed by atoms with Crippen molar-refractivity contribution in [2.45, 2.75) is 39.7 Å². The first-order chi connectivity index (χ1) is 11.6. The number of rotatable bonds is 5. The highest BCUT2D eigenvalue weighted by atomic mass is 16.1. The molecule has 1 amide bonds. The molecule has 0 atom stereocenters. The van der Waals surface area contributed by atoms with Crippen molar-refractivity contribution in [1.82, 2.24) is 25.1 Å². The van der Waals surface area contributed by atoms with E-state index in [1.165, 1.54) is 25.6 Å². The summed E-state index contributed by atoms with van der Waals surface area (Å²) < 4.78 is 1.90. The number of aromatic nitrogens is 4. The molecule has 0 unspecified atom stereocenters. The Labute approximate surface area is 142 Å². The van der Waals surface area contributed by atoms with E-state index in [4.69, 9.17) is 0 Å². The van der Waals surface area contributed by atoms with Gasteiger partial charge in [-0.3, -0.25) is 9.48 Å². The molecular weight excluding hydrogens is 304 g/mol. The number of anilines is 1. The van der Waals surface area contributed by atoms with Gasteiger partial charge in [0.15, 0.2) is 0 Å². The number of carbonyl (C=O) groups excluding carboxylic acids is 1. The van der Waals surface area contributed by atoms with Gasteiger partial charge < -0.3 is 10.2 Å². The molecule has 1 aliphatic rings. The first-order valence-electron chi connectivity index (χ1n) is 8.50. The maximum atomic E-state index is 12.3. The van der Waals surface area contributed by atoms with E-state index in [1.807, 2.05) is 24.6 Å². The number of carbonyl (C=O) groups is 1. The molecule has 7 heteroatoms. The molecule has 1 fully saturated rings. The number of piperidine rings is 1. The molecule has 0 aromatic carbocycles. The smallest absolute Gasteiger partial charge is 0.270 e. The van der Waals surface area contributed by atoms with Gasteiger partial charge in [0.25, 0.3) is 5.91 Å². The zero-order valence-corrected chi connectivity index (χ0v) is 14.3. The fourth-order valence-electron chi connectivity index (χ4n) is 3.03. The summed E-state index contributed by atoms with van der Waals surface area (Å²) in [6.45, 7) is 7.13. The molecule has 7 nitrogen and oxygen atoms in total. The van der Waals surface area contributed by atoms with Gasteiger partial charge in [-0.25, -0.2) is 9.97 Å². The molecule has 128 valence electrons. The summed E-state index contributed by atoms with van der Waals surface area (Å²) in [6, 6.07) is 3.81. The molecule has 0 bridgehead atoms. The molecule has 3 rings (SSSR count). The fourth-order valence-corrected chi connectivity index (χ4v) is 3.03. The average molecular weight is 328 g/mol. The maximum absolute atomic E-state index is 12.3. The Morgan fingerprint density at radius 2 is 1.96 bits per heavy atom. The van der Waals surface area contributed by atoms with Gasteiger partial charge in [-0.1, -0.05) is 0 Å². The van der Waals surface area contributed by atoms with Crippen LogP contribution < -0.4 is 10.2 Å². The predicted octanol–water partition coefficient (Wildman–Crippen LogP) is 1.71. The van der Waals surface area contributed by atoms with E-state index in [0.717, 1.165) is 30.3 Å². The fraction of sp³-hybridized carbons (Fsp3) is 0.529. The SMILES string of the molecule is Cc1cc(C)n(CCNC(=O)c2cc(N3CCCCC3)ncn2)n1. The van der Waals surface area contributed by atoms with Crippen LogP contribution in [-0.2, 0) is 6.54 Å². The number of nitrogens with one attached hydrogen (secondary N) is 1. The number of hydrogen-bond donors (Lipinski definition) is 1. The second kappa shape index (κ2) is 7.42. The second-order valence-corrected chi connectivity index (χ2v) is 6.22. The van der Waals surface area contributed by atoms with Crippen LogP contribution in [0.4, 0.5) is 5.82 Å². The van der Waals surface area contributed by atoms with Gasteiger partial charge in [0.1, 0.15) is 17.8 Å². The van der Waals surface area contributed by atoms with Crippen LogP contribution in [0.15, 0.2) is 18.5 Å². The van der Waals surface area contributed by atoms with Crippen LogP contribution in [0.2, 0.25) is 0 Å². The van der Waals surface area contributed by atoms with Crippen molar-refractivity contribution in [2.75, 3.05) is 24.5 Å². The van der Waals surface area contributed by atoms with Crippen LogP contribution in [0.3, 0.4) is 0 Å². The first-order valence-corrected chi connectivity index (χ1v) is 8.50. The quantitative estimate of drug-likeness (QED) is 0.904.